The van der Waals surface area contributed by atoms with Crippen molar-refractivity contribution in [3.63, 3.8) is 0 Å². The van der Waals surface area contributed by atoms with Gasteiger partial charge in [-0.1, -0.05) is 0 Å². The first-order valence-electron chi connectivity index (χ1n) is 6.68. The van der Waals surface area contributed by atoms with E-state index in [9.17, 15) is 0 Å². The first-order chi connectivity index (χ1) is 8.79. The summed E-state index contributed by atoms with van der Waals surface area (Å²) in [5, 5.41) is 8.99. The lowest BCUT2D eigenvalue weighted by molar-refractivity contribution is 0.0256. The molecule has 3 rings (SSSR count). The van der Waals surface area contributed by atoms with E-state index in [1.165, 1.54) is 24.9 Å². The molecule has 2 fully saturated rings. The van der Waals surface area contributed by atoms with Crippen molar-refractivity contribution in [2.75, 3.05) is 18.1 Å². The van der Waals surface area contributed by atoms with E-state index in [1.54, 1.807) is 0 Å². The van der Waals surface area contributed by atoms with E-state index in [0.717, 1.165) is 24.3 Å². The Morgan fingerprint density at radius 2 is 2.28 bits per heavy atom. The molecular formula is C15H18N2O. The van der Waals surface area contributed by atoms with Crippen molar-refractivity contribution in [2.24, 2.45) is 0 Å². The smallest absolute Gasteiger partial charge is 0.0994 e. The topological polar surface area (TPSA) is 36.3 Å². The van der Waals surface area contributed by atoms with Crippen molar-refractivity contribution in [3.8, 4) is 6.07 Å². The summed E-state index contributed by atoms with van der Waals surface area (Å²) < 4.78 is 5.83. The maximum Gasteiger partial charge on any atom is 0.0994 e. The minimum atomic E-state index is 0.412. The summed E-state index contributed by atoms with van der Waals surface area (Å²) in [7, 11) is 0. The number of nitrogens with zero attached hydrogens (tertiary/aromatic N) is 2. The van der Waals surface area contributed by atoms with Crippen molar-refractivity contribution >= 4 is 5.69 Å². The quantitative estimate of drug-likeness (QED) is 0.759. The summed E-state index contributed by atoms with van der Waals surface area (Å²) in [6.07, 6.45) is 4.09. The summed E-state index contributed by atoms with van der Waals surface area (Å²) in [5.41, 5.74) is 3.08. The van der Waals surface area contributed by atoms with Gasteiger partial charge < -0.3 is 9.64 Å². The average molecular weight is 242 g/mol. The molecule has 0 spiro atoms. The molecule has 1 saturated heterocycles. The first-order valence-corrected chi connectivity index (χ1v) is 6.68. The van der Waals surface area contributed by atoms with Gasteiger partial charge in [0, 0.05) is 12.2 Å². The number of aryl methyl sites for hydroxylation is 1. The van der Waals surface area contributed by atoms with E-state index in [-0.39, 0.29) is 0 Å². The summed E-state index contributed by atoms with van der Waals surface area (Å²) >= 11 is 0. The van der Waals surface area contributed by atoms with Crippen LogP contribution in [-0.4, -0.2) is 25.3 Å². The number of hydrogen-bond donors (Lipinski definition) is 0. The Bertz CT molecular complexity index is 492. The van der Waals surface area contributed by atoms with Gasteiger partial charge in [0.05, 0.1) is 30.4 Å². The standard InChI is InChI=1S/C15H18N2O/c1-11-9-13(6-5-12(11)10-16)17-7-8-18-15-4-2-3-14(15)17/h5-6,9,14-15H,2-4,7-8H2,1H3. The Kier molecular flexibility index (Phi) is 2.97. The van der Waals surface area contributed by atoms with E-state index in [4.69, 9.17) is 10.00 Å². The van der Waals surface area contributed by atoms with Gasteiger partial charge in [0.2, 0.25) is 0 Å². The van der Waals surface area contributed by atoms with Gasteiger partial charge in [-0.25, -0.2) is 0 Å². The third kappa shape index (κ3) is 1.87. The molecule has 0 aromatic heterocycles. The monoisotopic (exact) mass is 242 g/mol. The highest BCUT2D eigenvalue weighted by atomic mass is 16.5. The molecule has 2 aliphatic rings. The number of fused-ring (bicyclic) bond motifs is 1. The number of benzene rings is 1. The number of rotatable bonds is 1. The van der Waals surface area contributed by atoms with E-state index >= 15 is 0 Å². The molecule has 3 heteroatoms. The Hall–Kier alpha value is -1.53. The van der Waals surface area contributed by atoms with Gasteiger partial charge in [-0.15, -0.1) is 0 Å². The van der Waals surface area contributed by atoms with Gasteiger partial charge in [-0.2, -0.15) is 5.26 Å². The third-order valence-corrected chi connectivity index (χ3v) is 4.14. The van der Waals surface area contributed by atoms with Gasteiger partial charge in [0.15, 0.2) is 0 Å². The summed E-state index contributed by atoms with van der Waals surface area (Å²) in [5.74, 6) is 0. The highest BCUT2D eigenvalue weighted by molar-refractivity contribution is 5.54. The Morgan fingerprint density at radius 3 is 3.06 bits per heavy atom. The van der Waals surface area contributed by atoms with E-state index in [1.807, 2.05) is 13.0 Å². The fourth-order valence-corrected chi connectivity index (χ4v) is 3.20. The van der Waals surface area contributed by atoms with Crippen molar-refractivity contribution < 1.29 is 4.74 Å². The zero-order valence-electron chi connectivity index (χ0n) is 10.7. The van der Waals surface area contributed by atoms with Crippen molar-refractivity contribution in [3.05, 3.63) is 29.3 Å². The van der Waals surface area contributed by atoms with Crippen LogP contribution < -0.4 is 4.90 Å². The second-order valence-corrected chi connectivity index (χ2v) is 5.21. The van der Waals surface area contributed by atoms with Crippen molar-refractivity contribution in [2.45, 2.75) is 38.3 Å². The lowest BCUT2D eigenvalue weighted by Crippen LogP contribution is -2.48. The van der Waals surface area contributed by atoms with Crippen LogP contribution in [0.4, 0.5) is 5.69 Å². The van der Waals surface area contributed by atoms with Gasteiger partial charge in [-0.3, -0.25) is 0 Å². The predicted octanol–water partition coefficient (Wildman–Crippen LogP) is 2.62. The number of anilines is 1. The predicted molar refractivity (Wildman–Crippen MR) is 70.6 cm³/mol. The Balaban J connectivity index is 1.90. The van der Waals surface area contributed by atoms with Crippen LogP contribution in [0, 0.1) is 18.3 Å². The van der Waals surface area contributed by atoms with Gasteiger partial charge in [0.25, 0.3) is 0 Å². The lowest BCUT2D eigenvalue weighted by Gasteiger charge is -2.39. The number of morpholine rings is 1. The van der Waals surface area contributed by atoms with E-state index in [0.29, 0.717) is 12.1 Å². The van der Waals surface area contributed by atoms with Crippen LogP contribution in [-0.2, 0) is 4.74 Å². The maximum atomic E-state index is 8.99. The van der Waals surface area contributed by atoms with Crippen molar-refractivity contribution in [1.82, 2.24) is 0 Å². The Labute approximate surface area is 108 Å². The minimum absolute atomic E-state index is 0.412. The molecular weight excluding hydrogens is 224 g/mol. The molecule has 1 aliphatic carbocycles. The first kappa shape index (κ1) is 11.6. The van der Waals surface area contributed by atoms with Crippen LogP contribution in [0.3, 0.4) is 0 Å². The molecule has 0 radical (unpaired) electrons. The fraction of sp³-hybridized carbons (Fsp3) is 0.533. The molecule has 94 valence electrons. The third-order valence-electron chi connectivity index (χ3n) is 4.14. The molecule has 0 bridgehead atoms. The maximum absolute atomic E-state index is 8.99. The van der Waals surface area contributed by atoms with Crippen LogP contribution in [0.2, 0.25) is 0 Å². The van der Waals surface area contributed by atoms with Crippen LogP contribution in [0.25, 0.3) is 0 Å². The van der Waals surface area contributed by atoms with E-state index in [2.05, 4.69) is 23.1 Å². The van der Waals surface area contributed by atoms with Crippen LogP contribution >= 0.6 is 0 Å². The number of ether oxygens (including phenoxy) is 1. The molecule has 1 aliphatic heterocycles. The zero-order chi connectivity index (χ0) is 12.5. The highest BCUT2D eigenvalue weighted by Gasteiger charge is 2.36. The summed E-state index contributed by atoms with van der Waals surface area (Å²) in [6.45, 7) is 3.79. The minimum Gasteiger partial charge on any atom is -0.374 e. The zero-order valence-corrected chi connectivity index (χ0v) is 10.7. The molecule has 1 heterocycles. The molecule has 1 aromatic rings. The SMILES string of the molecule is Cc1cc(N2CCOC3CCCC32)ccc1C#N. The summed E-state index contributed by atoms with van der Waals surface area (Å²) in [4.78, 5) is 2.47. The molecule has 2 atom stereocenters. The number of hydrogen-bond acceptors (Lipinski definition) is 3. The van der Waals surface area contributed by atoms with Crippen LogP contribution in [0.5, 0.6) is 0 Å². The van der Waals surface area contributed by atoms with Gasteiger partial charge in [0.1, 0.15) is 0 Å². The molecule has 18 heavy (non-hydrogen) atoms. The van der Waals surface area contributed by atoms with E-state index < -0.39 is 0 Å². The average Bonchev–Trinajstić information content (AvgIpc) is 2.86. The van der Waals surface area contributed by atoms with Gasteiger partial charge in [-0.05, 0) is 49.9 Å². The van der Waals surface area contributed by atoms with Crippen molar-refractivity contribution in [1.29, 1.82) is 5.26 Å². The largest absolute Gasteiger partial charge is 0.374 e. The molecule has 0 amide bonds. The van der Waals surface area contributed by atoms with Crippen LogP contribution in [0.1, 0.15) is 30.4 Å². The second-order valence-electron chi connectivity index (χ2n) is 5.21. The second kappa shape index (κ2) is 4.62. The fourth-order valence-electron chi connectivity index (χ4n) is 3.20. The van der Waals surface area contributed by atoms with Gasteiger partial charge >= 0.3 is 0 Å². The summed E-state index contributed by atoms with van der Waals surface area (Å²) in [6, 6.07) is 8.91. The molecule has 1 saturated carbocycles. The highest BCUT2D eigenvalue weighted by Crippen LogP contribution is 2.33. The Morgan fingerprint density at radius 1 is 1.39 bits per heavy atom. The van der Waals surface area contributed by atoms with Crippen LogP contribution in [0.15, 0.2) is 18.2 Å². The normalized spacial score (nSPS) is 26.8. The molecule has 1 aromatic carbocycles. The molecule has 3 nitrogen and oxygen atoms in total. The lowest BCUT2D eigenvalue weighted by atomic mass is 10.1. The molecule has 0 N–H and O–H groups in total. The number of nitriles is 1. The molecule has 2 unspecified atom stereocenters.